The van der Waals surface area contributed by atoms with Crippen molar-refractivity contribution in [1.82, 2.24) is 25.9 Å². The number of amides is 3. The van der Waals surface area contributed by atoms with Crippen molar-refractivity contribution in [3.05, 3.63) is 18.2 Å². The first-order valence-electron chi connectivity index (χ1n) is 11.6. The number of rotatable bonds is 18. The number of nitrogens with zero attached hydrogens (tertiary/aromatic N) is 1. The Morgan fingerprint density at radius 2 is 1.79 bits per heavy atom. The Kier molecular flexibility index (Phi) is 15.0. The van der Waals surface area contributed by atoms with E-state index in [1.54, 1.807) is 6.20 Å². The monoisotopic (exact) mass is 466 g/mol. The summed E-state index contributed by atoms with van der Waals surface area (Å²) in [5.41, 5.74) is 5.84. The van der Waals surface area contributed by atoms with Gasteiger partial charge >= 0.3 is 5.97 Å². The Bertz CT molecular complexity index is 710. The highest BCUT2D eigenvalue weighted by molar-refractivity contribution is 5.90. The van der Waals surface area contributed by atoms with E-state index in [0.29, 0.717) is 12.1 Å². The Balaban J connectivity index is 2.31. The van der Waals surface area contributed by atoms with Crippen LogP contribution < -0.4 is 21.7 Å². The van der Waals surface area contributed by atoms with Crippen molar-refractivity contribution in [2.45, 2.75) is 70.8 Å². The standard InChI is InChI=1S/C22H38N6O5/c1-2-3-4-5-6-7-8-9-21(31)33-11-10-25-22(32)18(12-17-14-24-16-27-17)28-20(30)15-26-19(29)13-23/h14,16,18H,2-13,15,23H2,1H3,(H,24,27)(H,25,32)(H,26,29)(H,28,30)/t18-/m0/s1. The predicted molar refractivity (Wildman–Crippen MR) is 123 cm³/mol. The second-order valence-electron chi connectivity index (χ2n) is 7.76. The van der Waals surface area contributed by atoms with Gasteiger partial charge in [0.1, 0.15) is 12.6 Å². The summed E-state index contributed by atoms with van der Waals surface area (Å²) >= 11 is 0. The van der Waals surface area contributed by atoms with Gasteiger partial charge in [0.25, 0.3) is 0 Å². The lowest BCUT2D eigenvalue weighted by molar-refractivity contribution is -0.144. The fourth-order valence-corrected chi connectivity index (χ4v) is 3.08. The minimum atomic E-state index is -0.892. The minimum absolute atomic E-state index is 0.0539. The summed E-state index contributed by atoms with van der Waals surface area (Å²) in [6.45, 7) is 1.83. The first-order chi connectivity index (χ1) is 16.0. The average Bonchev–Trinajstić information content (AvgIpc) is 3.32. The lowest BCUT2D eigenvalue weighted by Gasteiger charge is -2.18. The van der Waals surface area contributed by atoms with Crippen LogP contribution in [0.5, 0.6) is 0 Å². The van der Waals surface area contributed by atoms with Gasteiger partial charge in [0.15, 0.2) is 0 Å². The minimum Gasteiger partial charge on any atom is -0.464 e. The molecule has 1 atom stereocenters. The van der Waals surface area contributed by atoms with Gasteiger partial charge in [0.05, 0.1) is 26.0 Å². The van der Waals surface area contributed by atoms with E-state index < -0.39 is 23.8 Å². The number of carbonyl (C=O) groups is 4. The zero-order valence-corrected chi connectivity index (χ0v) is 19.5. The molecule has 0 bridgehead atoms. The molecular weight excluding hydrogens is 428 g/mol. The number of unbranched alkanes of at least 4 members (excludes halogenated alkanes) is 6. The zero-order valence-electron chi connectivity index (χ0n) is 19.5. The van der Waals surface area contributed by atoms with Crippen molar-refractivity contribution in [2.24, 2.45) is 5.73 Å². The maximum atomic E-state index is 12.6. The van der Waals surface area contributed by atoms with E-state index in [1.165, 1.54) is 32.0 Å². The number of esters is 1. The largest absolute Gasteiger partial charge is 0.464 e. The van der Waals surface area contributed by atoms with Gasteiger partial charge < -0.3 is 31.4 Å². The van der Waals surface area contributed by atoms with Crippen molar-refractivity contribution in [2.75, 3.05) is 26.2 Å². The molecule has 186 valence electrons. The summed E-state index contributed by atoms with van der Waals surface area (Å²) in [5.74, 6) is -1.72. The highest BCUT2D eigenvalue weighted by atomic mass is 16.5. The first-order valence-corrected chi connectivity index (χ1v) is 11.6. The van der Waals surface area contributed by atoms with Gasteiger partial charge in [-0.05, 0) is 6.42 Å². The molecule has 0 unspecified atom stereocenters. The van der Waals surface area contributed by atoms with Gasteiger partial charge in [0.2, 0.25) is 17.7 Å². The summed E-state index contributed by atoms with van der Waals surface area (Å²) in [6, 6.07) is -0.892. The lowest BCUT2D eigenvalue weighted by atomic mass is 10.1. The van der Waals surface area contributed by atoms with Crippen molar-refractivity contribution in [1.29, 1.82) is 0 Å². The van der Waals surface area contributed by atoms with Crippen LogP contribution in [0, 0.1) is 0 Å². The van der Waals surface area contributed by atoms with Crippen LogP contribution in [0.15, 0.2) is 12.5 Å². The van der Waals surface area contributed by atoms with Crippen molar-refractivity contribution in [3.8, 4) is 0 Å². The molecule has 11 heteroatoms. The maximum Gasteiger partial charge on any atom is 0.305 e. The molecule has 3 amide bonds. The highest BCUT2D eigenvalue weighted by Crippen LogP contribution is 2.08. The second-order valence-corrected chi connectivity index (χ2v) is 7.76. The predicted octanol–water partition coefficient (Wildman–Crippen LogP) is 0.312. The number of nitrogens with one attached hydrogen (secondary N) is 4. The number of aromatic amines is 1. The first kappa shape index (κ1) is 28.1. The van der Waals surface area contributed by atoms with E-state index in [9.17, 15) is 19.2 Å². The molecule has 0 aromatic carbocycles. The quantitative estimate of drug-likeness (QED) is 0.153. The lowest BCUT2D eigenvalue weighted by Crippen LogP contribution is -2.51. The van der Waals surface area contributed by atoms with Gasteiger partial charge in [-0.2, -0.15) is 0 Å². The molecule has 0 aliphatic carbocycles. The SMILES string of the molecule is CCCCCCCCCC(=O)OCCNC(=O)[C@H](Cc1cnc[nH]1)NC(=O)CNC(=O)CN. The van der Waals surface area contributed by atoms with Crippen molar-refractivity contribution in [3.63, 3.8) is 0 Å². The van der Waals surface area contributed by atoms with E-state index in [2.05, 4.69) is 32.8 Å². The van der Waals surface area contributed by atoms with Crippen LogP contribution in [-0.2, 0) is 30.3 Å². The maximum absolute atomic E-state index is 12.6. The molecule has 0 saturated carbocycles. The van der Waals surface area contributed by atoms with E-state index in [4.69, 9.17) is 10.5 Å². The van der Waals surface area contributed by atoms with E-state index in [-0.39, 0.29) is 38.6 Å². The van der Waals surface area contributed by atoms with Crippen LogP contribution in [0.1, 0.15) is 64.0 Å². The molecular formula is C22H38N6O5. The number of hydrogen-bond acceptors (Lipinski definition) is 7. The highest BCUT2D eigenvalue weighted by Gasteiger charge is 2.22. The number of H-pyrrole nitrogens is 1. The Morgan fingerprint density at radius 1 is 1.06 bits per heavy atom. The summed E-state index contributed by atoms with van der Waals surface area (Å²) in [5, 5.41) is 7.58. The van der Waals surface area contributed by atoms with Crippen LogP contribution in [0.4, 0.5) is 0 Å². The summed E-state index contributed by atoms with van der Waals surface area (Å²) in [7, 11) is 0. The molecule has 1 aromatic rings. The van der Waals surface area contributed by atoms with Gasteiger partial charge in [-0.3, -0.25) is 19.2 Å². The van der Waals surface area contributed by atoms with Crippen LogP contribution in [0.3, 0.4) is 0 Å². The second kappa shape index (κ2) is 17.6. The average molecular weight is 467 g/mol. The summed E-state index contributed by atoms with van der Waals surface area (Å²) in [6.07, 6.45) is 11.4. The smallest absolute Gasteiger partial charge is 0.305 e. The van der Waals surface area contributed by atoms with Gasteiger partial charge in [-0.1, -0.05) is 45.4 Å². The topological polar surface area (TPSA) is 168 Å². The fraction of sp³-hybridized carbons (Fsp3) is 0.682. The van der Waals surface area contributed by atoms with E-state index >= 15 is 0 Å². The van der Waals surface area contributed by atoms with Crippen LogP contribution >= 0.6 is 0 Å². The van der Waals surface area contributed by atoms with Gasteiger partial charge in [-0.25, -0.2) is 4.98 Å². The zero-order chi connectivity index (χ0) is 24.3. The molecule has 0 aliphatic rings. The molecule has 0 radical (unpaired) electrons. The van der Waals surface area contributed by atoms with Crippen LogP contribution in [-0.4, -0.2) is 65.9 Å². The summed E-state index contributed by atoms with van der Waals surface area (Å²) in [4.78, 5) is 54.4. The third-order valence-electron chi connectivity index (χ3n) is 4.91. The Morgan fingerprint density at radius 3 is 2.45 bits per heavy atom. The molecule has 0 saturated heterocycles. The number of hydrogen-bond donors (Lipinski definition) is 5. The van der Waals surface area contributed by atoms with E-state index in [0.717, 1.165) is 19.3 Å². The molecule has 0 fully saturated rings. The molecule has 1 aromatic heterocycles. The van der Waals surface area contributed by atoms with Crippen molar-refractivity contribution < 1.29 is 23.9 Å². The van der Waals surface area contributed by atoms with E-state index in [1.807, 2.05) is 0 Å². The van der Waals surface area contributed by atoms with Crippen LogP contribution in [0.2, 0.25) is 0 Å². The number of imidazole rings is 1. The molecule has 0 spiro atoms. The fourth-order valence-electron chi connectivity index (χ4n) is 3.08. The molecule has 0 aliphatic heterocycles. The number of carbonyl (C=O) groups excluding carboxylic acids is 4. The molecule has 6 N–H and O–H groups in total. The van der Waals surface area contributed by atoms with Gasteiger partial charge in [0, 0.05) is 24.7 Å². The Labute approximate surface area is 195 Å². The molecule has 1 heterocycles. The number of nitrogens with two attached hydrogens (primary N) is 1. The third-order valence-corrected chi connectivity index (χ3v) is 4.91. The molecule has 1 rings (SSSR count). The number of ether oxygens (including phenoxy) is 1. The number of aromatic nitrogens is 2. The van der Waals surface area contributed by atoms with Crippen molar-refractivity contribution >= 4 is 23.7 Å². The molecule has 11 nitrogen and oxygen atoms in total. The summed E-state index contributed by atoms with van der Waals surface area (Å²) < 4.78 is 5.17. The van der Waals surface area contributed by atoms with Gasteiger partial charge in [-0.15, -0.1) is 0 Å². The third kappa shape index (κ3) is 13.9. The Hall–Kier alpha value is -2.95. The molecule has 33 heavy (non-hydrogen) atoms. The van der Waals surface area contributed by atoms with Crippen LogP contribution in [0.25, 0.3) is 0 Å². The normalized spacial score (nSPS) is 11.5.